The third kappa shape index (κ3) is 3.99. The lowest BCUT2D eigenvalue weighted by molar-refractivity contribution is -0.127. The number of hydrogen-bond donors (Lipinski definition) is 2. The van der Waals surface area contributed by atoms with Gasteiger partial charge in [-0.2, -0.15) is 0 Å². The van der Waals surface area contributed by atoms with E-state index in [2.05, 4.69) is 11.9 Å². The van der Waals surface area contributed by atoms with Crippen molar-refractivity contribution < 1.29 is 14.3 Å². The van der Waals surface area contributed by atoms with Crippen molar-refractivity contribution in [2.24, 2.45) is 5.73 Å². The molecule has 104 valence electrons. The molecular weight excluding hydrogens is 244 g/mol. The molecule has 1 aromatic carbocycles. The molecule has 1 aromatic rings. The third-order valence-electron chi connectivity index (χ3n) is 2.58. The van der Waals surface area contributed by atoms with E-state index in [1.807, 2.05) is 12.1 Å². The fourth-order valence-corrected chi connectivity index (χ4v) is 1.56. The summed E-state index contributed by atoms with van der Waals surface area (Å²) in [5.74, 6) is 0.855. The van der Waals surface area contributed by atoms with Crippen LogP contribution in [0.15, 0.2) is 30.9 Å². The van der Waals surface area contributed by atoms with Crippen LogP contribution in [-0.2, 0) is 11.3 Å². The zero-order valence-electron chi connectivity index (χ0n) is 11.3. The van der Waals surface area contributed by atoms with Crippen molar-refractivity contribution in [3.05, 3.63) is 36.4 Å². The van der Waals surface area contributed by atoms with Gasteiger partial charge in [-0.05, 0) is 13.0 Å². The summed E-state index contributed by atoms with van der Waals surface area (Å²) in [6.07, 6.45) is 0.973. The van der Waals surface area contributed by atoms with Crippen LogP contribution < -0.4 is 20.5 Å². The second kappa shape index (κ2) is 7.43. The van der Waals surface area contributed by atoms with Gasteiger partial charge < -0.3 is 20.5 Å². The average Bonchev–Trinajstić information content (AvgIpc) is 2.44. The van der Waals surface area contributed by atoms with Crippen LogP contribution in [0.25, 0.3) is 0 Å². The second-order valence-electron chi connectivity index (χ2n) is 3.95. The van der Waals surface area contributed by atoms with Crippen LogP contribution in [0, 0.1) is 0 Å². The predicted octanol–water partition coefficient (Wildman–Crippen LogP) is 1.22. The summed E-state index contributed by atoms with van der Waals surface area (Å²) in [5.41, 5.74) is 6.45. The number of carbonyl (C=O) groups is 1. The molecule has 0 heterocycles. The number of rotatable bonds is 7. The molecule has 0 aliphatic heterocycles. The van der Waals surface area contributed by atoms with Crippen LogP contribution in [0.2, 0.25) is 0 Å². The fraction of sp³-hybridized carbons (Fsp3) is 0.357. The van der Waals surface area contributed by atoms with Crippen molar-refractivity contribution in [1.29, 1.82) is 0 Å². The monoisotopic (exact) mass is 264 g/mol. The Morgan fingerprint density at radius 1 is 1.58 bits per heavy atom. The number of benzene rings is 1. The summed E-state index contributed by atoms with van der Waals surface area (Å²) >= 11 is 0. The van der Waals surface area contributed by atoms with Crippen LogP contribution in [0.1, 0.15) is 12.5 Å². The van der Waals surface area contributed by atoms with Gasteiger partial charge in [0, 0.05) is 18.7 Å². The Morgan fingerprint density at radius 2 is 2.32 bits per heavy atom. The molecule has 0 radical (unpaired) electrons. The number of methoxy groups -OCH3 is 1. The van der Waals surface area contributed by atoms with Gasteiger partial charge >= 0.3 is 0 Å². The summed E-state index contributed by atoms with van der Waals surface area (Å²) in [6.45, 7) is 5.93. The minimum absolute atomic E-state index is 0.214. The Balaban J connectivity index is 2.85. The highest BCUT2D eigenvalue weighted by molar-refractivity contribution is 5.81. The Kier molecular flexibility index (Phi) is 5.89. The quantitative estimate of drug-likeness (QED) is 0.726. The first-order chi connectivity index (χ1) is 9.13. The van der Waals surface area contributed by atoms with Crippen LogP contribution >= 0.6 is 0 Å². The van der Waals surface area contributed by atoms with Crippen LogP contribution in [0.5, 0.6) is 11.5 Å². The van der Waals surface area contributed by atoms with E-state index in [0.717, 1.165) is 5.56 Å². The highest BCUT2D eigenvalue weighted by atomic mass is 16.5. The number of nitrogens with one attached hydrogen (secondary N) is 1. The van der Waals surface area contributed by atoms with Crippen LogP contribution in [-0.4, -0.2) is 25.7 Å². The average molecular weight is 264 g/mol. The van der Waals surface area contributed by atoms with E-state index in [4.69, 9.17) is 15.2 Å². The van der Waals surface area contributed by atoms with Gasteiger partial charge in [-0.1, -0.05) is 18.2 Å². The zero-order chi connectivity index (χ0) is 14.3. The molecule has 0 aliphatic rings. The van der Waals surface area contributed by atoms with Crippen molar-refractivity contribution in [3.8, 4) is 11.5 Å². The van der Waals surface area contributed by atoms with Crippen LogP contribution in [0.4, 0.5) is 0 Å². The molecular formula is C14H20N2O3. The first-order valence-corrected chi connectivity index (χ1v) is 6.05. The van der Waals surface area contributed by atoms with Gasteiger partial charge in [-0.15, -0.1) is 6.58 Å². The minimum atomic E-state index is -0.637. The van der Waals surface area contributed by atoms with Crippen molar-refractivity contribution >= 4 is 5.91 Å². The summed E-state index contributed by atoms with van der Waals surface area (Å²) in [5, 5.41) is 2.67. The van der Waals surface area contributed by atoms with Gasteiger partial charge in [0.2, 0.25) is 0 Å². The lowest BCUT2D eigenvalue weighted by Crippen LogP contribution is -2.36. The Hall–Kier alpha value is -2.01. The molecule has 19 heavy (non-hydrogen) atoms. The summed E-state index contributed by atoms with van der Waals surface area (Å²) < 4.78 is 10.9. The first kappa shape index (κ1) is 15.0. The van der Waals surface area contributed by atoms with E-state index in [1.54, 1.807) is 26.2 Å². The normalized spacial score (nSPS) is 11.5. The smallest absolute Gasteiger partial charge is 0.261 e. The van der Waals surface area contributed by atoms with Crippen molar-refractivity contribution in [3.63, 3.8) is 0 Å². The highest BCUT2D eigenvalue weighted by Crippen LogP contribution is 2.31. The van der Waals surface area contributed by atoms with E-state index in [0.29, 0.717) is 24.6 Å². The molecule has 0 fully saturated rings. The number of carbonyl (C=O) groups excluding carboxylic acids is 1. The Bertz CT molecular complexity index is 424. The molecule has 0 saturated heterocycles. The lowest BCUT2D eigenvalue weighted by atomic mass is 10.2. The first-order valence-electron chi connectivity index (χ1n) is 6.05. The van der Waals surface area contributed by atoms with Gasteiger partial charge in [-0.25, -0.2) is 0 Å². The molecule has 0 bridgehead atoms. The molecule has 5 heteroatoms. The zero-order valence-corrected chi connectivity index (χ0v) is 11.3. The van der Waals surface area contributed by atoms with Crippen molar-refractivity contribution in [2.75, 3.05) is 13.7 Å². The fourth-order valence-electron chi connectivity index (χ4n) is 1.56. The highest BCUT2D eigenvalue weighted by Gasteiger charge is 2.18. The molecule has 0 aliphatic carbocycles. The SMILES string of the molecule is C=CCNC(=O)C(C)Oc1c(CN)cccc1OC. The number of hydrogen-bond acceptors (Lipinski definition) is 4. The molecule has 5 nitrogen and oxygen atoms in total. The van der Waals surface area contributed by atoms with E-state index in [-0.39, 0.29) is 5.91 Å². The standard InChI is InChI=1S/C14H20N2O3/c1-4-8-16-14(17)10(2)19-13-11(9-15)6-5-7-12(13)18-3/h4-7,10H,1,8-9,15H2,2-3H3,(H,16,17). The summed E-state index contributed by atoms with van der Waals surface area (Å²) in [7, 11) is 1.55. The van der Waals surface area contributed by atoms with Gasteiger partial charge in [0.15, 0.2) is 17.6 Å². The van der Waals surface area contributed by atoms with E-state index in [1.165, 1.54) is 0 Å². The Labute approximate surface area is 113 Å². The Morgan fingerprint density at radius 3 is 2.89 bits per heavy atom. The molecule has 1 atom stereocenters. The van der Waals surface area contributed by atoms with Gasteiger partial charge in [0.05, 0.1) is 7.11 Å². The summed E-state index contributed by atoms with van der Waals surface area (Å²) in [4.78, 5) is 11.7. The minimum Gasteiger partial charge on any atom is -0.493 e. The second-order valence-corrected chi connectivity index (χ2v) is 3.95. The topological polar surface area (TPSA) is 73.6 Å². The van der Waals surface area contributed by atoms with Gasteiger partial charge in [-0.3, -0.25) is 4.79 Å². The van der Waals surface area contributed by atoms with Crippen molar-refractivity contribution in [1.82, 2.24) is 5.32 Å². The molecule has 3 N–H and O–H groups in total. The molecule has 1 amide bonds. The third-order valence-corrected chi connectivity index (χ3v) is 2.58. The number of para-hydroxylation sites is 1. The molecule has 0 saturated carbocycles. The van der Waals surface area contributed by atoms with Gasteiger partial charge in [0.1, 0.15) is 0 Å². The summed E-state index contributed by atoms with van der Waals surface area (Å²) in [6, 6.07) is 5.44. The number of amides is 1. The van der Waals surface area contributed by atoms with Crippen molar-refractivity contribution in [2.45, 2.75) is 19.6 Å². The number of ether oxygens (including phenoxy) is 2. The van der Waals surface area contributed by atoms with E-state index >= 15 is 0 Å². The molecule has 0 aromatic heterocycles. The maximum absolute atomic E-state index is 11.7. The molecule has 1 unspecified atom stereocenters. The van der Waals surface area contributed by atoms with E-state index in [9.17, 15) is 4.79 Å². The van der Waals surface area contributed by atoms with E-state index < -0.39 is 6.10 Å². The molecule has 0 spiro atoms. The number of nitrogens with two attached hydrogens (primary N) is 1. The predicted molar refractivity (Wildman–Crippen MR) is 74.2 cm³/mol. The molecule has 1 rings (SSSR count). The maximum atomic E-state index is 11.7. The maximum Gasteiger partial charge on any atom is 0.261 e. The largest absolute Gasteiger partial charge is 0.493 e. The van der Waals surface area contributed by atoms with Gasteiger partial charge in [0.25, 0.3) is 5.91 Å². The lowest BCUT2D eigenvalue weighted by Gasteiger charge is -2.18. The van der Waals surface area contributed by atoms with Crippen LogP contribution in [0.3, 0.4) is 0 Å².